The Kier molecular flexibility index (Phi) is 4.01. The van der Waals surface area contributed by atoms with Gasteiger partial charge in [0.25, 0.3) is 0 Å². The summed E-state index contributed by atoms with van der Waals surface area (Å²) in [5.74, 6) is 0.301. The van der Waals surface area contributed by atoms with E-state index in [1.165, 1.54) is 6.07 Å². The minimum Gasteiger partial charge on any atom is -0.496 e. The summed E-state index contributed by atoms with van der Waals surface area (Å²) in [5, 5.41) is 4.85. The molecule has 0 saturated heterocycles. The first-order chi connectivity index (χ1) is 12.2. The highest BCUT2D eigenvalue weighted by Gasteiger charge is 2.32. The van der Waals surface area contributed by atoms with Crippen LogP contribution >= 0.6 is 11.3 Å². The van der Waals surface area contributed by atoms with E-state index in [1.807, 2.05) is 29.6 Å². The van der Waals surface area contributed by atoms with Gasteiger partial charge in [-0.25, -0.2) is 4.39 Å². The molecule has 126 valence electrons. The van der Waals surface area contributed by atoms with Crippen molar-refractivity contribution in [2.45, 2.75) is 12.3 Å². The van der Waals surface area contributed by atoms with Crippen LogP contribution in [0.5, 0.6) is 5.75 Å². The van der Waals surface area contributed by atoms with E-state index in [2.05, 4.69) is 5.32 Å². The van der Waals surface area contributed by atoms with Crippen molar-refractivity contribution < 1.29 is 13.9 Å². The average Bonchev–Trinajstić information content (AvgIpc) is 3.05. The van der Waals surface area contributed by atoms with Gasteiger partial charge in [0.1, 0.15) is 11.6 Å². The van der Waals surface area contributed by atoms with Crippen LogP contribution in [0.15, 0.2) is 53.9 Å². The third-order valence-electron chi connectivity index (χ3n) is 4.47. The second-order valence-corrected chi connectivity index (χ2v) is 6.83. The van der Waals surface area contributed by atoms with Crippen LogP contribution in [0.4, 0.5) is 10.1 Å². The SMILES string of the molecule is COc1ccccc1[C@@H]1CC(=O)Nc2c(-c3ccccc3F)csc21. The lowest BCUT2D eigenvalue weighted by atomic mass is 9.88. The van der Waals surface area contributed by atoms with Gasteiger partial charge in [0.05, 0.1) is 12.8 Å². The molecule has 1 aliphatic rings. The highest BCUT2D eigenvalue weighted by atomic mass is 32.1. The minimum absolute atomic E-state index is 0.0700. The number of thiophene rings is 1. The molecule has 0 spiro atoms. The Bertz CT molecular complexity index is 950. The summed E-state index contributed by atoms with van der Waals surface area (Å²) in [4.78, 5) is 13.4. The Hall–Kier alpha value is -2.66. The van der Waals surface area contributed by atoms with Crippen LogP contribution in [0.3, 0.4) is 0 Å². The monoisotopic (exact) mass is 353 g/mol. The number of benzene rings is 2. The summed E-state index contributed by atoms with van der Waals surface area (Å²) in [6, 6.07) is 14.3. The van der Waals surface area contributed by atoms with E-state index >= 15 is 0 Å². The molecule has 3 nitrogen and oxygen atoms in total. The molecule has 2 aromatic carbocycles. The van der Waals surface area contributed by atoms with Crippen LogP contribution in [-0.2, 0) is 4.79 Å². The van der Waals surface area contributed by atoms with Gasteiger partial charge in [0.15, 0.2) is 0 Å². The molecule has 0 aliphatic carbocycles. The molecule has 1 amide bonds. The highest BCUT2D eigenvalue weighted by molar-refractivity contribution is 7.11. The maximum atomic E-state index is 14.2. The molecule has 3 aromatic rings. The predicted octanol–water partition coefficient (Wildman–Crippen LogP) is 5.04. The van der Waals surface area contributed by atoms with Crippen LogP contribution in [0, 0.1) is 5.82 Å². The number of para-hydroxylation sites is 1. The molecule has 1 N–H and O–H groups in total. The standard InChI is InChI=1S/C20H16FNO2S/c1-24-17-9-5-3-7-13(17)14-10-18(23)22-19-15(11-25-20(14)19)12-6-2-4-8-16(12)21/h2-9,11,14H,10H2,1H3,(H,22,23)/t14-/m0/s1. The Balaban J connectivity index is 1.86. The summed E-state index contributed by atoms with van der Waals surface area (Å²) < 4.78 is 19.7. The van der Waals surface area contributed by atoms with E-state index in [0.717, 1.165) is 21.8 Å². The zero-order chi connectivity index (χ0) is 17.4. The van der Waals surface area contributed by atoms with Crippen LogP contribution in [-0.4, -0.2) is 13.0 Å². The molecule has 0 saturated carbocycles. The van der Waals surface area contributed by atoms with Crippen molar-refractivity contribution in [3.63, 3.8) is 0 Å². The molecule has 5 heteroatoms. The number of anilines is 1. The maximum Gasteiger partial charge on any atom is 0.225 e. The molecule has 0 unspecified atom stereocenters. The Morgan fingerprint density at radius 1 is 1.12 bits per heavy atom. The molecule has 2 heterocycles. The first-order valence-electron chi connectivity index (χ1n) is 7.98. The lowest BCUT2D eigenvalue weighted by molar-refractivity contribution is -0.116. The van der Waals surface area contributed by atoms with Crippen LogP contribution in [0.2, 0.25) is 0 Å². The van der Waals surface area contributed by atoms with E-state index in [4.69, 9.17) is 4.74 Å². The van der Waals surface area contributed by atoms with Crippen molar-refractivity contribution in [2.75, 3.05) is 12.4 Å². The summed E-state index contributed by atoms with van der Waals surface area (Å²) in [5.41, 5.74) is 2.91. The van der Waals surface area contributed by atoms with Gasteiger partial charge >= 0.3 is 0 Å². The van der Waals surface area contributed by atoms with Gasteiger partial charge in [-0.3, -0.25) is 4.79 Å². The zero-order valence-corrected chi connectivity index (χ0v) is 14.4. The van der Waals surface area contributed by atoms with Crippen molar-refractivity contribution in [3.8, 4) is 16.9 Å². The van der Waals surface area contributed by atoms with Gasteiger partial charge in [0.2, 0.25) is 5.91 Å². The Labute approximate surface area is 149 Å². The number of methoxy groups -OCH3 is 1. The van der Waals surface area contributed by atoms with Crippen LogP contribution in [0.1, 0.15) is 22.8 Å². The lowest BCUT2D eigenvalue weighted by Crippen LogP contribution is -2.22. The van der Waals surface area contributed by atoms with E-state index in [0.29, 0.717) is 17.7 Å². The molecule has 1 aromatic heterocycles. The molecule has 1 atom stereocenters. The normalized spacial score (nSPS) is 16.2. The number of hydrogen-bond donors (Lipinski definition) is 1. The number of ether oxygens (including phenoxy) is 1. The van der Waals surface area contributed by atoms with Crippen LogP contribution < -0.4 is 10.1 Å². The minimum atomic E-state index is -0.295. The third-order valence-corrected chi connectivity index (χ3v) is 5.56. The van der Waals surface area contributed by atoms with Crippen molar-refractivity contribution in [1.82, 2.24) is 0 Å². The van der Waals surface area contributed by atoms with Crippen molar-refractivity contribution in [1.29, 1.82) is 0 Å². The Morgan fingerprint density at radius 2 is 1.88 bits per heavy atom. The summed E-state index contributed by atoms with van der Waals surface area (Å²) in [6.07, 6.45) is 0.352. The fourth-order valence-electron chi connectivity index (χ4n) is 3.31. The van der Waals surface area contributed by atoms with Crippen molar-refractivity contribution in [3.05, 3.63) is 70.2 Å². The van der Waals surface area contributed by atoms with E-state index < -0.39 is 0 Å². The summed E-state index contributed by atoms with van der Waals surface area (Å²) in [6.45, 7) is 0. The number of carbonyl (C=O) groups excluding carboxylic acids is 1. The lowest BCUT2D eigenvalue weighted by Gasteiger charge is -2.25. The quantitative estimate of drug-likeness (QED) is 0.717. The molecular formula is C20H16FNO2S. The fourth-order valence-corrected chi connectivity index (χ4v) is 4.45. The molecule has 0 bridgehead atoms. The zero-order valence-electron chi connectivity index (χ0n) is 13.6. The number of hydrogen-bond acceptors (Lipinski definition) is 3. The van der Waals surface area contributed by atoms with E-state index in [-0.39, 0.29) is 17.6 Å². The molecule has 1 aliphatic heterocycles. The van der Waals surface area contributed by atoms with E-state index in [9.17, 15) is 9.18 Å². The van der Waals surface area contributed by atoms with Gasteiger partial charge in [-0.1, -0.05) is 36.4 Å². The smallest absolute Gasteiger partial charge is 0.225 e. The summed E-state index contributed by atoms with van der Waals surface area (Å²) in [7, 11) is 1.63. The third kappa shape index (κ3) is 2.70. The molecule has 4 rings (SSSR count). The second kappa shape index (κ2) is 6.33. The first kappa shape index (κ1) is 15.8. The van der Waals surface area contributed by atoms with E-state index in [1.54, 1.807) is 36.6 Å². The molecule has 0 fully saturated rings. The topological polar surface area (TPSA) is 38.3 Å². The van der Waals surface area contributed by atoms with Crippen LogP contribution in [0.25, 0.3) is 11.1 Å². The second-order valence-electron chi connectivity index (χ2n) is 5.92. The first-order valence-corrected chi connectivity index (χ1v) is 8.86. The number of fused-ring (bicyclic) bond motifs is 1. The largest absolute Gasteiger partial charge is 0.496 e. The molecule has 0 radical (unpaired) electrons. The van der Waals surface area contributed by atoms with Gasteiger partial charge in [0, 0.05) is 39.3 Å². The molecular weight excluding hydrogens is 337 g/mol. The van der Waals surface area contributed by atoms with Crippen molar-refractivity contribution in [2.24, 2.45) is 0 Å². The number of amides is 1. The molecule has 25 heavy (non-hydrogen) atoms. The van der Waals surface area contributed by atoms with Gasteiger partial charge in [-0.05, 0) is 12.1 Å². The van der Waals surface area contributed by atoms with Crippen molar-refractivity contribution >= 4 is 22.9 Å². The van der Waals surface area contributed by atoms with Gasteiger partial charge < -0.3 is 10.1 Å². The average molecular weight is 353 g/mol. The van der Waals surface area contributed by atoms with Gasteiger partial charge in [-0.2, -0.15) is 0 Å². The van der Waals surface area contributed by atoms with Gasteiger partial charge in [-0.15, -0.1) is 11.3 Å². The fraction of sp³-hybridized carbons (Fsp3) is 0.150. The number of carbonyl (C=O) groups is 1. The number of halogens is 1. The Morgan fingerprint density at radius 3 is 2.68 bits per heavy atom. The number of rotatable bonds is 3. The predicted molar refractivity (Wildman–Crippen MR) is 97.8 cm³/mol. The highest BCUT2D eigenvalue weighted by Crippen LogP contribution is 2.48. The summed E-state index contributed by atoms with van der Waals surface area (Å²) >= 11 is 1.54. The maximum absolute atomic E-state index is 14.2. The number of nitrogens with one attached hydrogen (secondary N) is 1.